The monoisotopic (exact) mass is 269 g/mol. The number of anilines is 1. The van der Waals surface area contributed by atoms with Gasteiger partial charge in [0, 0.05) is 6.20 Å². The maximum absolute atomic E-state index is 11.8. The number of sulfonamides is 1. The highest BCUT2D eigenvalue weighted by Crippen LogP contribution is 2.13. The molecule has 2 rings (SSSR count). The highest BCUT2D eigenvalue weighted by atomic mass is 32.2. The highest BCUT2D eigenvalue weighted by molar-refractivity contribution is 7.92. The van der Waals surface area contributed by atoms with Gasteiger partial charge in [-0.1, -0.05) is 5.16 Å². The van der Waals surface area contributed by atoms with Gasteiger partial charge >= 0.3 is 5.97 Å². The fourth-order valence-corrected chi connectivity index (χ4v) is 2.08. The van der Waals surface area contributed by atoms with Gasteiger partial charge in [0.15, 0.2) is 5.03 Å². The van der Waals surface area contributed by atoms with E-state index in [-0.39, 0.29) is 16.3 Å². The van der Waals surface area contributed by atoms with Crippen LogP contribution in [0.1, 0.15) is 10.4 Å². The number of carboxylic acids is 1. The van der Waals surface area contributed by atoms with Crippen molar-refractivity contribution < 1.29 is 22.8 Å². The van der Waals surface area contributed by atoms with Crippen LogP contribution in [-0.2, 0) is 10.0 Å². The van der Waals surface area contributed by atoms with Crippen molar-refractivity contribution in [2.24, 2.45) is 0 Å². The van der Waals surface area contributed by atoms with Gasteiger partial charge in [-0.25, -0.2) is 9.78 Å². The summed E-state index contributed by atoms with van der Waals surface area (Å²) in [6, 6.07) is 2.25. The van der Waals surface area contributed by atoms with Gasteiger partial charge in [-0.15, -0.1) is 0 Å². The molecule has 8 nitrogen and oxygen atoms in total. The predicted octanol–water partition coefficient (Wildman–Crippen LogP) is 0.569. The first-order valence-electron chi connectivity index (χ1n) is 4.60. The van der Waals surface area contributed by atoms with Crippen molar-refractivity contribution in [2.45, 2.75) is 5.03 Å². The van der Waals surface area contributed by atoms with Gasteiger partial charge in [-0.05, 0) is 12.1 Å². The number of hydrogen-bond acceptors (Lipinski definition) is 6. The number of nitrogens with one attached hydrogen (secondary N) is 1. The van der Waals surface area contributed by atoms with Crippen LogP contribution >= 0.6 is 0 Å². The Morgan fingerprint density at radius 1 is 1.33 bits per heavy atom. The summed E-state index contributed by atoms with van der Waals surface area (Å²) >= 11 is 0. The van der Waals surface area contributed by atoms with Crippen LogP contribution in [0.4, 0.5) is 5.69 Å². The van der Waals surface area contributed by atoms with E-state index >= 15 is 0 Å². The third-order valence-electron chi connectivity index (χ3n) is 1.94. The van der Waals surface area contributed by atoms with Gasteiger partial charge in [-0.2, -0.15) is 8.42 Å². The summed E-state index contributed by atoms with van der Waals surface area (Å²) < 4.78 is 30.2. The fraction of sp³-hybridized carbons (Fsp3) is 0. The molecule has 0 saturated carbocycles. The zero-order valence-corrected chi connectivity index (χ0v) is 9.59. The van der Waals surface area contributed by atoms with E-state index in [1.165, 1.54) is 6.20 Å². The number of rotatable bonds is 4. The molecule has 94 valence electrons. The molecule has 0 bridgehead atoms. The molecule has 0 saturated heterocycles. The Morgan fingerprint density at radius 2 is 2.11 bits per heavy atom. The van der Waals surface area contributed by atoms with Crippen LogP contribution in [-0.4, -0.2) is 29.6 Å². The van der Waals surface area contributed by atoms with Crippen LogP contribution in [0, 0.1) is 0 Å². The van der Waals surface area contributed by atoms with Crippen molar-refractivity contribution in [3.63, 3.8) is 0 Å². The molecule has 2 aromatic heterocycles. The largest absolute Gasteiger partial charge is 0.478 e. The molecular formula is C9H7N3O5S. The van der Waals surface area contributed by atoms with Crippen LogP contribution < -0.4 is 4.72 Å². The van der Waals surface area contributed by atoms with E-state index in [0.29, 0.717) is 0 Å². The van der Waals surface area contributed by atoms with E-state index in [4.69, 9.17) is 5.11 Å². The smallest absolute Gasteiger partial charge is 0.337 e. The molecule has 0 unspecified atom stereocenters. The minimum Gasteiger partial charge on any atom is -0.478 e. The summed E-state index contributed by atoms with van der Waals surface area (Å²) in [6.07, 6.45) is 3.26. The minimum atomic E-state index is -3.88. The molecule has 0 radical (unpaired) electrons. The van der Waals surface area contributed by atoms with Gasteiger partial charge in [0.05, 0.1) is 11.8 Å². The first-order valence-corrected chi connectivity index (χ1v) is 6.09. The highest BCUT2D eigenvalue weighted by Gasteiger charge is 2.17. The molecule has 2 aromatic rings. The molecule has 9 heteroatoms. The predicted molar refractivity (Wildman–Crippen MR) is 58.5 cm³/mol. The maximum Gasteiger partial charge on any atom is 0.337 e. The van der Waals surface area contributed by atoms with Gasteiger partial charge in [0.1, 0.15) is 12.0 Å². The van der Waals surface area contributed by atoms with Crippen molar-refractivity contribution in [2.75, 3.05) is 4.72 Å². The number of carboxylic acid groups (broad SMARTS) is 1. The molecular weight excluding hydrogens is 262 g/mol. The zero-order valence-electron chi connectivity index (χ0n) is 8.77. The molecule has 2 N–H and O–H groups in total. The summed E-state index contributed by atoms with van der Waals surface area (Å²) in [7, 11) is -3.88. The molecule has 0 spiro atoms. The van der Waals surface area contributed by atoms with Crippen molar-refractivity contribution >= 4 is 21.7 Å². The Labute approximate surface area is 101 Å². The molecule has 0 aliphatic carbocycles. The Balaban J connectivity index is 2.27. The molecule has 0 aliphatic heterocycles. The van der Waals surface area contributed by atoms with E-state index in [0.717, 1.165) is 24.6 Å². The average molecular weight is 269 g/mol. The van der Waals surface area contributed by atoms with Crippen LogP contribution in [0.25, 0.3) is 0 Å². The fourth-order valence-electron chi connectivity index (χ4n) is 1.13. The van der Waals surface area contributed by atoms with E-state index in [9.17, 15) is 13.2 Å². The number of aromatic carboxylic acids is 1. The van der Waals surface area contributed by atoms with E-state index in [2.05, 4.69) is 19.4 Å². The Kier molecular flexibility index (Phi) is 2.98. The lowest BCUT2D eigenvalue weighted by molar-refractivity contribution is 0.0696. The number of hydrogen-bond donors (Lipinski definition) is 2. The van der Waals surface area contributed by atoms with E-state index < -0.39 is 16.0 Å². The zero-order chi connectivity index (χ0) is 13.2. The second-order valence-corrected chi connectivity index (χ2v) is 4.84. The summed E-state index contributed by atoms with van der Waals surface area (Å²) in [5.41, 5.74) is 0.0537. The third kappa shape index (κ3) is 2.46. The van der Waals surface area contributed by atoms with Crippen LogP contribution in [0.5, 0.6) is 0 Å². The maximum atomic E-state index is 11.8. The number of carbonyl (C=O) groups is 1. The Bertz CT molecular complexity index is 648. The summed E-state index contributed by atoms with van der Waals surface area (Å²) in [4.78, 5) is 14.2. The molecule has 0 amide bonds. The second-order valence-electron chi connectivity index (χ2n) is 3.21. The molecule has 0 fully saturated rings. The number of aromatic nitrogens is 2. The summed E-state index contributed by atoms with van der Waals surface area (Å²) in [6.45, 7) is 0. The lowest BCUT2D eigenvalue weighted by Crippen LogP contribution is -2.14. The van der Waals surface area contributed by atoms with E-state index in [1.54, 1.807) is 0 Å². The number of nitrogens with zero attached hydrogens (tertiary/aromatic N) is 2. The molecule has 0 atom stereocenters. The Hall–Kier alpha value is -2.42. The third-order valence-corrected chi connectivity index (χ3v) is 3.24. The molecule has 2 heterocycles. The topological polar surface area (TPSA) is 122 Å². The average Bonchev–Trinajstić information content (AvgIpc) is 2.81. The van der Waals surface area contributed by atoms with Crippen LogP contribution in [0.2, 0.25) is 0 Å². The Morgan fingerprint density at radius 3 is 2.61 bits per heavy atom. The van der Waals surface area contributed by atoms with E-state index in [1.807, 2.05) is 0 Å². The first kappa shape index (κ1) is 12.0. The molecule has 0 aromatic carbocycles. The lowest BCUT2D eigenvalue weighted by Gasteiger charge is -2.04. The van der Waals surface area contributed by atoms with Gasteiger partial charge in [0.2, 0.25) is 0 Å². The second kappa shape index (κ2) is 4.45. The van der Waals surface area contributed by atoms with Crippen molar-refractivity contribution in [3.8, 4) is 0 Å². The molecule has 18 heavy (non-hydrogen) atoms. The normalized spacial score (nSPS) is 11.1. The van der Waals surface area contributed by atoms with Gasteiger partial charge < -0.3 is 9.63 Å². The minimum absolute atomic E-state index is 0.0982. The SMILES string of the molecule is O=C(O)c1ccc(S(=O)(=O)Nc2cnoc2)nc1. The van der Waals surface area contributed by atoms with Gasteiger partial charge in [-0.3, -0.25) is 4.72 Å². The standard InChI is InChI=1S/C9H7N3O5S/c13-9(14)6-1-2-8(10-3-6)18(15,16)12-7-4-11-17-5-7/h1-5,12H,(H,13,14). The van der Waals surface area contributed by atoms with Crippen molar-refractivity contribution in [1.29, 1.82) is 0 Å². The van der Waals surface area contributed by atoms with Gasteiger partial charge in [0.25, 0.3) is 10.0 Å². The van der Waals surface area contributed by atoms with Crippen LogP contribution in [0.3, 0.4) is 0 Å². The van der Waals surface area contributed by atoms with Crippen LogP contribution in [0.15, 0.2) is 40.3 Å². The number of pyridine rings is 1. The first-order chi connectivity index (χ1) is 8.49. The van der Waals surface area contributed by atoms with Crippen molar-refractivity contribution in [1.82, 2.24) is 10.1 Å². The quantitative estimate of drug-likeness (QED) is 0.831. The summed E-state index contributed by atoms with van der Waals surface area (Å²) in [5, 5.41) is 11.7. The lowest BCUT2D eigenvalue weighted by atomic mass is 10.3. The van der Waals surface area contributed by atoms with Crippen molar-refractivity contribution in [3.05, 3.63) is 36.4 Å². The summed E-state index contributed by atoms with van der Waals surface area (Å²) in [5.74, 6) is -1.18. The molecule has 0 aliphatic rings.